The third-order valence-electron chi connectivity index (χ3n) is 4.44. The van der Waals surface area contributed by atoms with Crippen LogP contribution in [0.1, 0.15) is 83.1 Å². The van der Waals surface area contributed by atoms with Crippen LogP contribution in [0.4, 0.5) is 0 Å². The molecule has 0 amide bonds. The molecule has 0 aliphatic heterocycles. The van der Waals surface area contributed by atoms with Gasteiger partial charge in [0.2, 0.25) is 0 Å². The van der Waals surface area contributed by atoms with Crippen LogP contribution in [0.15, 0.2) is 30.3 Å². The van der Waals surface area contributed by atoms with Crippen LogP contribution >= 0.6 is 11.8 Å². The molecular weight excluding hydrogens is 298 g/mol. The second kappa shape index (κ2) is 15.1. The second-order valence-electron chi connectivity index (χ2n) is 6.59. The van der Waals surface area contributed by atoms with E-state index in [0.717, 1.165) is 6.42 Å². The van der Waals surface area contributed by atoms with E-state index in [-0.39, 0.29) is 0 Å². The first-order chi connectivity index (χ1) is 11.3. The number of thioether (sulfide) groups is 1. The average molecular weight is 336 g/mol. The summed E-state index contributed by atoms with van der Waals surface area (Å²) in [6.45, 7) is 2.17. The highest BCUT2D eigenvalue weighted by Crippen LogP contribution is 2.15. The molecule has 0 bridgehead atoms. The second-order valence-corrected chi connectivity index (χ2v) is 7.94. The molecule has 1 nitrogen and oxygen atoms in total. The summed E-state index contributed by atoms with van der Waals surface area (Å²) in [6, 6.07) is 10.9. The van der Waals surface area contributed by atoms with Gasteiger partial charge in [-0.1, -0.05) is 88.6 Å². The monoisotopic (exact) mass is 335 g/mol. The quantitative estimate of drug-likeness (QED) is 0.290. The summed E-state index contributed by atoms with van der Waals surface area (Å²) in [4.78, 5) is 0. The molecule has 2 N–H and O–H groups in total. The van der Waals surface area contributed by atoms with Gasteiger partial charge in [0.05, 0.1) is 5.37 Å². The molecule has 132 valence electrons. The summed E-state index contributed by atoms with van der Waals surface area (Å²) in [5.41, 5.74) is 7.39. The van der Waals surface area contributed by atoms with Crippen LogP contribution < -0.4 is 5.73 Å². The smallest absolute Gasteiger partial charge is 0.0504 e. The largest absolute Gasteiger partial charge is 0.319 e. The predicted octanol–water partition coefficient (Wildman–Crippen LogP) is 6.56. The number of benzene rings is 1. The van der Waals surface area contributed by atoms with Crippen molar-refractivity contribution in [2.24, 2.45) is 5.73 Å². The minimum absolute atomic E-state index is 0.358. The molecule has 0 aromatic heterocycles. The van der Waals surface area contributed by atoms with Gasteiger partial charge in [-0.15, -0.1) is 11.8 Å². The summed E-state index contributed by atoms with van der Waals surface area (Å²) >= 11 is 1.93. The van der Waals surface area contributed by atoms with Gasteiger partial charge in [0, 0.05) is 0 Å². The molecule has 0 saturated heterocycles. The predicted molar refractivity (Wildman–Crippen MR) is 107 cm³/mol. The molecule has 0 aliphatic rings. The van der Waals surface area contributed by atoms with Gasteiger partial charge in [-0.05, 0) is 37.0 Å². The van der Waals surface area contributed by atoms with Gasteiger partial charge in [0.15, 0.2) is 0 Å². The van der Waals surface area contributed by atoms with E-state index in [0.29, 0.717) is 5.37 Å². The average Bonchev–Trinajstić information content (AvgIpc) is 2.59. The van der Waals surface area contributed by atoms with Crippen LogP contribution in [-0.2, 0) is 6.42 Å². The molecule has 1 aromatic rings. The third-order valence-corrected chi connectivity index (χ3v) is 5.72. The molecule has 0 aliphatic carbocycles. The van der Waals surface area contributed by atoms with Crippen molar-refractivity contribution in [1.82, 2.24) is 0 Å². The highest BCUT2D eigenvalue weighted by Gasteiger charge is 1.98. The zero-order valence-electron chi connectivity index (χ0n) is 15.1. The summed E-state index contributed by atoms with van der Waals surface area (Å²) in [7, 11) is 0. The Hall–Kier alpha value is -0.470. The first kappa shape index (κ1) is 20.6. The summed E-state index contributed by atoms with van der Waals surface area (Å²) in [5, 5.41) is 0.358. The Morgan fingerprint density at radius 3 is 1.87 bits per heavy atom. The molecular formula is C21H37NS. The molecule has 0 heterocycles. The number of hydrogen-bond donors (Lipinski definition) is 1. The van der Waals surface area contributed by atoms with Crippen LogP contribution in [0.5, 0.6) is 0 Å². The zero-order chi connectivity index (χ0) is 16.6. The molecule has 0 radical (unpaired) electrons. The number of rotatable bonds is 15. The van der Waals surface area contributed by atoms with Crippen molar-refractivity contribution in [1.29, 1.82) is 0 Å². The SMILES string of the molecule is CCC(N)SCCCCCCCCCCCCc1ccccc1. The lowest BCUT2D eigenvalue weighted by Gasteiger charge is -2.07. The van der Waals surface area contributed by atoms with Crippen molar-refractivity contribution in [2.75, 3.05) is 5.75 Å². The number of unbranched alkanes of at least 4 members (excludes halogenated alkanes) is 9. The highest BCUT2D eigenvalue weighted by molar-refractivity contribution is 7.99. The normalized spacial score (nSPS) is 12.4. The Morgan fingerprint density at radius 1 is 0.783 bits per heavy atom. The zero-order valence-corrected chi connectivity index (χ0v) is 16.0. The Morgan fingerprint density at radius 2 is 1.30 bits per heavy atom. The first-order valence-corrected chi connectivity index (χ1v) is 10.8. The van der Waals surface area contributed by atoms with E-state index in [1.165, 1.54) is 81.9 Å². The van der Waals surface area contributed by atoms with E-state index in [9.17, 15) is 0 Å². The van der Waals surface area contributed by atoms with Crippen LogP contribution in [-0.4, -0.2) is 11.1 Å². The summed E-state index contributed by atoms with van der Waals surface area (Å²) in [6.07, 6.45) is 16.4. The first-order valence-electron chi connectivity index (χ1n) is 9.74. The molecule has 1 atom stereocenters. The van der Waals surface area contributed by atoms with Gasteiger partial charge >= 0.3 is 0 Å². The molecule has 2 heteroatoms. The molecule has 23 heavy (non-hydrogen) atoms. The standard InChI is InChI=1S/C21H37NS/c1-2-21(22)23-19-15-10-8-6-4-3-5-7-9-12-16-20-17-13-11-14-18-20/h11,13-14,17-18,21H,2-10,12,15-16,19,22H2,1H3. The minimum atomic E-state index is 0.358. The van der Waals surface area contributed by atoms with Crippen molar-refractivity contribution in [3.05, 3.63) is 35.9 Å². The fraction of sp³-hybridized carbons (Fsp3) is 0.714. The maximum Gasteiger partial charge on any atom is 0.0504 e. The summed E-state index contributed by atoms with van der Waals surface area (Å²) in [5.74, 6) is 1.25. The Kier molecular flexibility index (Phi) is 13.5. The van der Waals surface area contributed by atoms with Crippen molar-refractivity contribution >= 4 is 11.8 Å². The molecule has 1 unspecified atom stereocenters. The van der Waals surface area contributed by atoms with Gasteiger partial charge in [-0.25, -0.2) is 0 Å². The van der Waals surface area contributed by atoms with Gasteiger partial charge < -0.3 is 5.73 Å². The van der Waals surface area contributed by atoms with Gasteiger partial charge in [0.1, 0.15) is 0 Å². The minimum Gasteiger partial charge on any atom is -0.319 e. The lowest BCUT2D eigenvalue weighted by molar-refractivity contribution is 0.557. The van der Waals surface area contributed by atoms with Crippen LogP contribution in [0.2, 0.25) is 0 Å². The van der Waals surface area contributed by atoms with E-state index in [1.54, 1.807) is 0 Å². The van der Waals surface area contributed by atoms with E-state index < -0.39 is 0 Å². The van der Waals surface area contributed by atoms with Gasteiger partial charge in [-0.3, -0.25) is 0 Å². The highest BCUT2D eigenvalue weighted by atomic mass is 32.2. The fourth-order valence-electron chi connectivity index (χ4n) is 2.84. The Labute approximate surface area is 148 Å². The number of hydrogen-bond acceptors (Lipinski definition) is 2. The van der Waals surface area contributed by atoms with Crippen molar-refractivity contribution in [3.63, 3.8) is 0 Å². The summed E-state index contributed by atoms with van der Waals surface area (Å²) < 4.78 is 0. The topological polar surface area (TPSA) is 26.0 Å². The van der Waals surface area contributed by atoms with Crippen molar-refractivity contribution < 1.29 is 0 Å². The van der Waals surface area contributed by atoms with Gasteiger partial charge in [0.25, 0.3) is 0 Å². The Balaban J connectivity index is 1.75. The third kappa shape index (κ3) is 12.6. The maximum atomic E-state index is 5.90. The van der Waals surface area contributed by atoms with Crippen molar-refractivity contribution in [2.45, 2.75) is 89.3 Å². The van der Waals surface area contributed by atoms with Crippen LogP contribution in [0, 0.1) is 0 Å². The molecule has 0 fully saturated rings. The van der Waals surface area contributed by atoms with Crippen molar-refractivity contribution in [3.8, 4) is 0 Å². The molecule has 0 spiro atoms. The van der Waals surface area contributed by atoms with E-state index in [4.69, 9.17) is 5.73 Å². The fourth-order valence-corrected chi connectivity index (χ4v) is 3.75. The number of nitrogens with two attached hydrogens (primary N) is 1. The van der Waals surface area contributed by atoms with Gasteiger partial charge in [-0.2, -0.15) is 0 Å². The van der Waals surface area contributed by atoms with E-state index in [1.807, 2.05) is 11.8 Å². The van der Waals surface area contributed by atoms with Crippen LogP contribution in [0.3, 0.4) is 0 Å². The number of aryl methyl sites for hydroxylation is 1. The maximum absolute atomic E-state index is 5.90. The molecule has 0 saturated carbocycles. The lowest BCUT2D eigenvalue weighted by atomic mass is 10.0. The molecule has 1 aromatic carbocycles. The van der Waals surface area contributed by atoms with Crippen LogP contribution in [0.25, 0.3) is 0 Å². The Bertz CT molecular complexity index is 352. The molecule has 1 rings (SSSR count). The van der Waals surface area contributed by atoms with E-state index >= 15 is 0 Å². The lowest BCUT2D eigenvalue weighted by Crippen LogP contribution is -2.13. The van der Waals surface area contributed by atoms with E-state index in [2.05, 4.69) is 37.3 Å².